The van der Waals surface area contributed by atoms with Crippen molar-refractivity contribution in [1.82, 2.24) is 5.32 Å². The highest BCUT2D eigenvalue weighted by molar-refractivity contribution is 6.33. The number of anilines is 2. The van der Waals surface area contributed by atoms with Crippen LogP contribution in [0.4, 0.5) is 16.2 Å². The number of nitrogens with zero attached hydrogens (tertiary/aromatic N) is 1. The monoisotopic (exact) mass is 327 g/mol. The second-order valence-electron chi connectivity index (χ2n) is 6.59. The number of nitrogens with one attached hydrogen (secondary N) is 2. The van der Waals surface area contributed by atoms with Gasteiger partial charge in [-0.2, -0.15) is 0 Å². The van der Waals surface area contributed by atoms with Crippen molar-refractivity contribution in [2.24, 2.45) is 5.41 Å². The Bertz CT molecular complexity index is 516. The molecule has 0 aliphatic heterocycles. The van der Waals surface area contributed by atoms with Crippen molar-refractivity contribution >= 4 is 29.0 Å². The molecule has 0 saturated carbocycles. The molecule has 0 fully saturated rings. The standard InChI is InChI=1S/C16H26ClN3O2/c1-11(21)9-16(2,3)10-18-15(22)19-12-6-7-14(20(4)5)13(17)8-12/h6-8,11,21H,9-10H2,1-5H3,(H2,18,19,22). The van der Waals surface area contributed by atoms with Crippen LogP contribution in [0, 0.1) is 5.41 Å². The summed E-state index contributed by atoms with van der Waals surface area (Å²) < 4.78 is 0. The van der Waals surface area contributed by atoms with Gasteiger partial charge in [0, 0.05) is 26.3 Å². The average Bonchev–Trinajstić information content (AvgIpc) is 2.34. The van der Waals surface area contributed by atoms with Crippen LogP contribution < -0.4 is 15.5 Å². The number of aliphatic hydroxyl groups excluding tert-OH is 1. The number of amides is 2. The van der Waals surface area contributed by atoms with E-state index in [9.17, 15) is 9.90 Å². The average molecular weight is 328 g/mol. The molecular weight excluding hydrogens is 302 g/mol. The van der Waals surface area contributed by atoms with Crippen molar-refractivity contribution in [3.05, 3.63) is 23.2 Å². The fourth-order valence-corrected chi connectivity index (χ4v) is 2.66. The Hall–Kier alpha value is -1.46. The molecule has 3 N–H and O–H groups in total. The van der Waals surface area contributed by atoms with Crippen LogP contribution in [0.1, 0.15) is 27.2 Å². The summed E-state index contributed by atoms with van der Waals surface area (Å²) in [5, 5.41) is 15.6. The van der Waals surface area contributed by atoms with Crippen molar-refractivity contribution < 1.29 is 9.90 Å². The first-order valence-corrected chi connectivity index (χ1v) is 7.68. The zero-order chi connectivity index (χ0) is 16.9. The second kappa shape index (κ2) is 7.70. The van der Waals surface area contributed by atoms with Crippen LogP contribution in [-0.2, 0) is 0 Å². The highest BCUT2D eigenvalue weighted by Gasteiger charge is 2.21. The lowest BCUT2D eigenvalue weighted by Crippen LogP contribution is -2.38. The third kappa shape index (κ3) is 6.12. The van der Waals surface area contributed by atoms with Gasteiger partial charge in [0.25, 0.3) is 0 Å². The quantitative estimate of drug-likeness (QED) is 0.751. The van der Waals surface area contributed by atoms with Crippen LogP contribution in [0.15, 0.2) is 18.2 Å². The van der Waals surface area contributed by atoms with E-state index in [0.29, 0.717) is 23.7 Å². The minimum absolute atomic E-state index is 0.169. The lowest BCUT2D eigenvalue weighted by atomic mass is 9.87. The van der Waals surface area contributed by atoms with Gasteiger partial charge < -0.3 is 20.6 Å². The molecule has 1 rings (SSSR count). The lowest BCUT2D eigenvalue weighted by Gasteiger charge is -2.26. The van der Waals surface area contributed by atoms with E-state index in [2.05, 4.69) is 10.6 Å². The minimum Gasteiger partial charge on any atom is -0.393 e. The van der Waals surface area contributed by atoms with Gasteiger partial charge in [-0.1, -0.05) is 25.4 Å². The molecule has 124 valence electrons. The van der Waals surface area contributed by atoms with Crippen LogP contribution in [-0.4, -0.2) is 37.9 Å². The Morgan fingerprint density at radius 3 is 2.55 bits per heavy atom. The summed E-state index contributed by atoms with van der Waals surface area (Å²) in [6.45, 7) is 6.23. The number of carbonyl (C=O) groups is 1. The molecule has 1 unspecified atom stereocenters. The second-order valence-corrected chi connectivity index (χ2v) is 6.99. The number of hydrogen-bond donors (Lipinski definition) is 3. The fourth-order valence-electron chi connectivity index (χ4n) is 2.31. The normalized spacial score (nSPS) is 12.7. The van der Waals surface area contributed by atoms with Crippen LogP contribution in [0.3, 0.4) is 0 Å². The maximum absolute atomic E-state index is 11.9. The molecule has 0 aliphatic rings. The number of rotatable bonds is 6. The van der Waals surface area contributed by atoms with Crippen molar-refractivity contribution in [2.75, 3.05) is 30.9 Å². The van der Waals surface area contributed by atoms with Gasteiger partial charge in [-0.3, -0.25) is 0 Å². The third-order valence-electron chi connectivity index (χ3n) is 3.26. The van der Waals surface area contributed by atoms with Crippen LogP contribution in [0.25, 0.3) is 0 Å². The molecule has 0 aromatic heterocycles. The molecule has 2 amide bonds. The molecule has 0 aliphatic carbocycles. The minimum atomic E-state index is -0.391. The van der Waals surface area contributed by atoms with Gasteiger partial charge in [0.15, 0.2) is 0 Å². The zero-order valence-electron chi connectivity index (χ0n) is 13.9. The van der Waals surface area contributed by atoms with Gasteiger partial charge in [0.1, 0.15) is 0 Å². The molecule has 0 radical (unpaired) electrons. The van der Waals surface area contributed by atoms with Crippen molar-refractivity contribution in [2.45, 2.75) is 33.3 Å². The summed E-state index contributed by atoms with van der Waals surface area (Å²) in [6, 6.07) is 5.10. The van der Waals surface area contributed by atoms with Crippen molar-refractivity contribution in [1.29, 1.82) is 0 Å². The van der Waals surface area contributed by atoms with Gasteiger partial charge in [0.2, 0.25) is 0 Å². The van der Waals surface area contributed by atoms with Crippen molar-refractivity contribution in [3.8, 4) is 0 Å². The highest BCUT2D eigenvalue weighted by Crippen LogP contribution is 2.27. The maximum Gasteiger partial charge on any atom is 0.319 e. The summed E-state index contributed by atoms with van der Waals surface area (Å²) in [5.41, 5.74) is 1.37. The molecule has 6 heteroatoms. The largest absolute Gasteiger partial charge is 0.393 e. The predicted molar refractivity (Wildman–Crippen MR) is 92.9 cm³/mol. The van der Waals surface area contributed by atoms with Gasteiger partial charge in [0.05, 0.1) is 16.8 Å². The van der Waals surface area contributed by atoms with E-state index >= 15 is 0 Å². The van der Waals surface area contributed by atoms with Crippen molar-refractivity contribution in [3.63, 3.8) is 0 Å². The van der Waals surface area contributed by atoms with E-state index in [4.69, 9.17) is 11.6 Å². The first-order valence-electron chi connectivity index (χ1n) is 7.30. The summed E-state index contributed by atoms with van der Waals surface area (Å²) in [6.07, 6.45) is 0.230. The lowest BCUT2D eigenvalue weighted by molar-refractivity contribution is 0.129. The Morgan fingerprint density at radius 2 is 2.05 bits per heavy atom. The number of carbonyl (C=O) groups excluding carboxylic acids is 1. The van der Waals surface area contributed by atoms with E-state index in [1.807, 2.05) is 45.0 Å². The number of benzene rings is 1. The summed E-state index contributed by atoms with van der Waals surface area (Å²) in [7, 11) is 3.82. The molecule has 0 saturated heterocycles. The Labute approximate surface area is 137 Å². The van der Waals surface area contributed by atoms with E-state index in [1.165, 1.54) is 0 Å². The first-order chi connectivity index (χ1) is 10.1. The van der Waals surface area contributed by atoms with Crippen LogP contribution >= 0.6 is 11.6 Å². The summed E-state index contributed by atoms with van der Waals surface area (Å²) in [4.78, 5) is 13.8. The first kappa shape index (κ1) is 18.6. The maximum atomic E-state index is 11.9. The molecule has 0 heterocycles. The predicted octanol–water partition coefficient (Wildman–Crippen LogP) is 3.32. The van der Waals surface area contributed by atoms with Crippen LogP contribution in [0.2, 0.25) is 5.02 Å². The summed E-state index contributed by atoms with van der Waals surface area (Å²) in [5.74, 6) is 0. The number of urea groups is 1. The van der Waals surface area contributed by atoms with E-state index in [0.717, 1.165) is 5.69 Å². The topological polar surface area (TPSA) is 64.6 Å². The fraction of sp³-hybridized carbons (Fsp3) is 0.562. The van der Waals surface area contributed by atoms with Gasteiger partial charge in [-0.15, -0.1) is 0 Å². The number of halogens is 1. The molecule has 0 spiro atoms. The zero-order valence-corrected chi connectivity index (χ0v) is 14.7. The molecule has 0 bridgehead atoms. The third-order valence-corrected chi connectivity index (χ3v) is 3.57. The van der Waals surface area contributed by atoms with Gasteiger partial charge >= 0.3 is 6.03 Å². The van der Waals surface area contributed by atoms with E-state index in [-0.39, 0.29) is 11.4 Å². The van der Waals surface area contributed by atoms with Crippen LogP contribution in [0.5, 0.6) is 0 Å². The molecule has 22 heavy (non-hydrogen) atoms. The number of hydrogen-bond acceptors (Lipinski definition) is 3. The summed E-state index contributed by atoms with van der Waals surface area (Å²) >= 11 is 6.17. The Balaban J connectivity index is 2.57. The van der Waals surface area contributed by atoms with E-state index < -0.39 is 6.10 Å². The van der Waals surface area contributed by atoms with Gasteiger partial charge in [-0.05, 0) is 37.0 Å². The molecular formula is C16H26ClN3O2. The molecule has 5 nitrogen and oxygen atoms in total. The Morgan fingerprint density at radius 1 is 1.41 bits per heavy atom. The number of aliphatic hydroxyl groups is 1. The molecule has 1 aromatic carbocycles. The molecule has 1 atom stereocenters. The Kier molecular flexibility index (Phi) is 6.50. The van der Waals surface area contributed by atoms with E-state index in [1.54, 1.807) is 13.0 Å². The van der Waals surface area contributed by atoms with Gasteiger partial charge in [-0.25, -0.2) is 4.79 Å². The molecule has 1 aromatic rings. The SMILES string of the molecule is CC(O)CC(C)(C)CNC(=O)Nc1ccc(N(C)C)c(Cl)c1. The highest BCUT2D eigenvalue weighted by atomic mass is 35.5. The smallest absolute Gasteiger partial charge is 0.319 e.